The molecule has 1 aromatic carbocycles. The third kappa shape index (κ3) is 7.07. The summed E-state index contributed by atoms with van der Waals surface area (Å²) in [6.07, 6.45) is 9.42. The van der Waals surface area contributed by atoms with Gasteiger partial charge >= 0.3 is 17.9 Å². The number of hydrogen-bond donors (Lipinski definition) is 2. The first-order chi connectivity index (χ1) is 15.8. The summed E-state index contributed by atoms with van der Waals surface area (Å²) in [5.74, 6) is -2.76. The number of ether oxygens (including phenoxy) is 1. The molecular weight excluding hydrogens is 422 g/mol. The van der Waals surface area contributed by atoms with Crippen LogP contribution < -0.4 is 4.90 Å². The van der Waals surface area contributed by atoms with E-state index in [0.717, 1.165) is 19.3 Å². The highest BCUT2D eigenvalue weighted by molar-refractivity contribution is 5.97. The predicted octanol–water partition coefficient (Wildman–Crippen LogP) is 5.53. The first kappa shape index (κ1) is 25.9. The number of rotatable bonds is 12. The number of unbranched alkanes of at least 4 members (excludes halogenated alkanes) is 5. The van der Waals surface area contributed by atoms with Gasteiger partial charge < -0.3 is 19.8 Å². The fourth-order valence-electron chi connectivity index (χ4n) is 3.87. The number of carboxylic acids is 2. The number of carboxylic acid groups (broad SMARTS) is 2. The van der Waals surface area contributed by atoms with Crippen LogP contribution in [0.3, 0.4) is 0 Å². The van der Waals surface area contributed by atoms with Crippen LogP contribution in [0.25, 0.3) is 6.08 Å². The highest BCUT2D eigenvalue weighted by Crippen LogP contribution is 2.37. The Balaban J connectivity index is 2.18. The minimum Gasteiger partial charge on any atom is -0.478 e. The van der Waals surface area contributed by atoms with Crippen molar-refractivity contribution >= 4 is 29.7 Å². The Hall–Kier alpha value is -3.35. The fourth-order valence-corrected chi connectivity index (χ4v) is 3.87. The van der Waals surface area contributed by atoms with Gasteiger partial charge in [0.25, 0.3) is 0 Å². The number of allylic oxidation sites excluding steroid dienone is 2. The summed E-state index contributed by atoms with van der Waals surface area (Å²) < 4.78 is 5.28. The van der Waals surface area contributed by atoms with Crippen LogP contribution in [0.4, 0.5) is 5.69 Å². The minimum atomic E-state index is -1.16. The second kappa shape index (κ2) is 12.6. The molecule has 0 unspecified atom stereocenters. The maximum absolute atomic E-state index is 12.2. The molecule has 0 spiro atoms. The van der Waals surface area contributed by atoms with E-state index in [4.69, 9.17) is 4.74 Å². The van der Waals surface area contributed by atoms with Gasteiger partial charge in [-0.2, -0.15) is 0 Å². The van der Waals surface area contributed by atoms with E-state index >= 15 is 0 Å². The van der Waals surface area contributed by atoms with Crippen LogP contribution in [0.2, 0.25) is 0 Å². The molecule has 0 aromatic heterocycles. The van der Waals surface area contributed by atoms with Gasteiger partial charge in [0.1, 0.15) is 0 Å². The highest BCUT2D eigenvalue weighted by Gasteiger charge is 2.31. The Kier molecular flexibility index (Phi) is 9.91. The zero-order chi connectivity index (χ0) is 24.4. The predicted molar refractivity (Wildman–Crippen MR) is 128 cm³/mol. The Morgan fingerprint density at radius 1 is 0.939 bits per heavy atom. The maximum atomic E-state index is 12.2. The molecule has 7 nitrogen and oxygen atoms in total. The standard InChI is InChI=1S/C26H33NO6/c1-4-5-6-7-8-11-16-33-24(28)15-14-20-12-9-10-13-23(20)27-18(2)21(25(29)30)17-22(19(27)3)26(31)32/h9-10,12-15H,4-8,11,16-17H2,1-3H3,(H,29,30)(H,31,32). The number of benzene rings is 1. The first-order valence-electron chi connectivity index (χ1n) is 11.4. The molecule has 7 heteroatoms. The van der Waals surface area contributed by atoms with Crippen molar-refractivity contribution in [1.29, 1.82) is 0 Å². The van der Waals surface area contributed by atoms with E-state index in [0.29, 0.717) is 29.3 Å². The van der Waals surface area contributed by atoms with Crippen LogP contribution in [0.1, 0.15) is 71.3 Å². The summed E-state index contributed by atoms with van der Waals surface area (Å²) in [5.41, 5.74) is 2.16. The van der Waals surface area contributed by atoms with Crippen LogP contribution in [-0.2, 0) is 19.1 Å². The molecule has 1 aliphatic rings. The Labute approximate surface area is 195 Å². The van der Waals surface area contributed by atoms with Crippen molar-refractivity contribution in [2.45, 2.75) is 65.7 Å². The zero-order valence-corrected chi connectivity index (χ0v) is 19.6. The second-order valence-electron chi connectivity index (χ2n) is 8.08. The zero-order valence-electron chi connectivity index (χ0n) is 19.6. The lowest BCUT2D eigenvalue weighted by atomic mass is 9.95. The average Bonchev–Trinajstić information content (AvgIpc) is 2.77. The summed E-state index contributed by atoms with van der Waals surface area (Å²) in [5, 5.41) is 19.2. The van der Waals surface area contributed by atoms with E-state index < -0.39 is 17.9 Å². The number of carbonyl (C=O) groups is 3. The van der Waals surface area contributed by atoms with Crippen LogP contribution in [0.5, 0.6) is 0 Å². The average molecular weight is 456 g/mol. The van der Waals surface area contributed by atoms with Crippen molar-refractivity contribution in [2.75, 3.05) is 11.5 Å². The Bertz CT molecular complexity index is 937. The van der Waals surface area contributed by atoms with Gasteiger partial charge in [0.2, 0.25) is 0 Å². The molecule has 0 atom stereocenters. The van der Waals surface area contributed by atoms with Crippen LogP contribution in [0, 0.1) is 0 Å². The van der Waals surface area contributed by atoms with Gasteiger partial charge in [0, 0.05) is 23.9 Å². The first-order valence-corrected chi connectivity index (χ1v) is 11.4. The van der Waals surface area contributed by atoms with Gasteiger partial charge in [-0.15, -0.1) is 0 Å². The molecule has 0 saturated carbocycles. The fraction of sp³-hybridized carbons (Fsp3) is 0.423. The van der Waals surface area contributed by atoms with Gasteiger partial charge in [0.15, 0.2) is 0 Å². The second-order valence-corrected chi connectivity index (χ2v) is 8.08. The summed E-state index contributed by atoms with van der Waals surface area (Å²) in [6.45, 7) is 5.85. The van der Waals surface area contributed by atoms with E-state index in [1.807, 2.05) is 0 Å². The number of aliphatic carboxylic acids is 2. The quantitative estimate of drug-likeness (QED) is 0.242. The van der Waals surface area contributed by atoms with Crippen LogP contribution in [-0.4, -0.2) is 34.7 Å². The summed E-state index contributed by atoms with van der Waals surface area (Å²) in [7, 11) is 0. The third-order valence-electron chi connectivity index (χ3n) is 5.73. The lowest BCUT2D eigenvalue weighted by molar-refractivity contribution is -0.138. The van der Waals surface area contributed by atoms with Crippen LogP contribution >= 0.6 is 0 Å². The molecule has 2 rings (SSSR count). The number of para-hydroxylation sites is 1. The van der Waals surface area contributed by atoms with Crippen molar-refractivity contribution in [3.05, 3.63) is 58.4 Å². The minimum absolute atomic E-state index is 0.0233. The van der Waals surface area contributed by atoms with Crippen molar-refractivity contribution in [3.8, 4) is 0 Å². The number of hydrogen-bond acceptors (Lipinski definition) is 5. The number of nitrogens with zero attached hydrogens (tertiary/aromatic N) is 1. The van der Waals surface area contributed by atoms with Gasteiger partial charge in [0.05, 0.1) is 23.4 Å². The monoisotopic (exact) mass is 455 g/mol. The Morgan fingerprint density at radius 3 is 2.12 bits per heavy atom. The summed E-state index contributed by atoms with van der Waals surface area (Å²) >= 11 is 0. The SMILES string of the molecule is CCCCCCCCOC(=O)C=Cc1ccccc1N1C(C)=C(C(=O)O)CC(C(=O)O)=C1C. The smallest absolute Gasteiger partial charge is 0.333 e. The molecule has 178 valence electrons. The van der Waals surface area contributed by atoms with E-state index in [-0.39, 0.29) is 17.6 Å². The molecule has 0 saturated heterocycles. The van der Waals surface area contributed by atoms with E-state index in [2.05, 4.69) is 6.92 Å². The van der Waals surface area contributed by atoms with E-state index in [1.54, 1.807) is 49.1 Å². The number of anilines is 1. The molecule has 33 heavy (non-hydrogen) atoms. The van der Waals surface area contributed by atoms with Gasteiger partial charge in [-0.05, 0) is 38.0 Å². The maximum Gasteiger partial charge on any atom is 0.333 e. The van der Waals surface area contributed by atoms with Gasteiger partial charge in [-0.1, -0.05) is 57.2 Å². The molecular formula is C26H33NO6. The van der Waals surface area contributed by atoms with Crippen molar-refractivity contribution < 1.29 is 29.3 Å². The third-order valence-corrected chi connectivity index (χ3v) is 5.73. The highest BCUT2D eigenvalue weighted by atomic mass is 16.5. The largest absolute Gasteiger partial charge is 0.478 e. The van der Waals surface area contributed by atoms with Crippen molar-refractivity contribution in [3.63, 3.8) is 0 Å². The number of esters is 1. The van der Waals surface area contributed by atoms with Gasteiger partial charge in [-0.25, -0.2) is 14.4 Å². The molecule has 1 heterocycles. The van der Waals surface area contributed by atoms with E-state index in [1.165, 1.54) is 25.3 Å². The lowest BCUT2D eigenvalue weighted by Crippen LogP contribution is -2.30. The van der Waals surface area contributed by atoms with Crippen molar-refractivity contribution in [2.24, 2.45) is 0 Å². The molecule has 0 aliphatic carbocycles. The molecule has 0 fully saturated rings. The lowest BCUT2D eigenvalue weighted by Gasteiger charge is -2.33. The molecule has 1 aromatic rings. The summed E-state index contributed by atoms with van der Waals surface area (Å²) in [4.78, 5) is 37.3. The molecule has 2 N–H and O–H groups in total. The molecule has 1 aliphatic heterocycles. The number of carbonyl (C=O) groups excluding carboxylic acids is 1. The Morgan fingerprint density at radius 2 is 1.52 bits per heavy atom. The summed E-state index contributed by atoms with van der Waals surface area (Å²) in [6, 6.07) is 7.12. The normalized spacial score (nSPS) is 14.2. The molecule has 0 bridgehead atoms. The van der Waals surface area contributed by atoms with Gasteiger partial charge in [-0.3, -0.25) is 0 Å². The topological polar surface area (TPSA) is 104 Å². The molecule has 0 radical (unpaired) electrons. The molecule has 0 amide bonds. The van der Waals surface area contributed by atoms with Crippen LogP contribution in [0.15, 0.2) is 52.9 Å². The van der Waals surface area contributed by atoms with Crippen molar-refractivity contribution in [1.82, 2.24) is 0 Å². The van der Waals surface area contributed by atoms with E-state index in [9.17, 15) is 24.6 Å².